The first kappa shape index (κ1) is 15.0. The highest BCUT2D eigenvalue weighted by Crippen LogP contribution is 2.37. The summed E-state index contributed by atoms with van der Waals surface area (Å²) in [6, 6.07) is 4.91. The summed E-state index contributed by atoms with van der Waals surface area (Å²) < 4.78 is 11.4. The molecule has 4 heteroatoms. The fourth-order valence-corrected chi connectivity index (χ4v) is 3.95. The highest BCUT2D eigenvalue weighted by Gasteiger charge is 2.29. The number of thioether (sulfide) groups is 1. The molecule has 0 saturated heterocycles. The SMILES string of the molecule is CSc1cc2c(cc1CNC1CCC(C)C1C)OCCO2. The number of rotatable bonds is 4. The Hall–Kier alpha value is -0.870. The van der Waals surface area contributed by atoms with E-state index in [0.29, 0.717) is 19.3 Å². The van der Waals surface area contributed by atoms with Crippen LogP contribution in [-0.2, 0) is 6.54 Å². The van der Waals surface area contributed by atoms with Crippen LogP contribution in [0.1, 0.15) is 32.3 Å². The summed E-state index contributed by atoms with van der Waals surface area (Å²) in [5, 5.41) is 3.75. The lowest BCUT2D eigenvalue weighted by Crippen LogP contribution is -2.32. The van der Waals surface area contributed by atoms with Gasteiger partial charge in [-0.15, -0.1) is 11.8 Å². The number of benzene rings is 1. The second-order valence-corrected chi connectivity index (χ2v) is 7.06. The smallest absolute Gasteiger partial charge is 0.162 e. The highest BCUT2D eigenvalue weighted by molar-refractivity contribution is 7.98. The zero-order valence-electron chi connectivity index (χ0n) is 13.1. The van der Waals surface area contributed by atoms with Crippen LogP contribution in [0.5, 0.6) is 11.5 Å². The topological polar surface area (TPSA) is 30.5 Å². The molecule has 1 aliphatic heterocycles. The third-order valence-electron chi connectivity index (χ3n) is 4.97. The second kappa shape index (κ2) is 6.49. The summed E-state index contributed by atoms with van der Waals surface area (Å²) in [7, 11) is 0. The number of nitrogens with one attached hydrogen (secondary N) is 1. The lowest BCUT2D eigenvalue weighted by Gasteiger charge is -2.23. The summed E-state index contributed by atoms with van der Waals surface area (Å²) in [5.41, 5.74) is 1.32. The Kier molecular flexibility index (Phi) is 4.65. The van der Waals surface area contributed by atoms with Crippen molar-refractivity contribution in [2.75, 3.05) is 19.5 Å². The lowest BCUT2D eigenvalue weighted by molar-refractivity contribution is 0.171. The van der Waals surface area contributed by atoms with E-state index in [1.165, 1.54) is 23.3 Å². The van der Waals surface area contributed by atoms with Gasteiger partial charge in [0.15, 0.2) is 11.5 Å². The van der Waals surface area contributed by atoms with Gasteiger partial charge >= 0.3 is 0 Å². The second-order valence-electron chi connectivity index (χ2n) is 6.21. The highest BCUT2D eigenvalue weighted by atomic mass is 32.2. The van der Waals surface area contributed by atoms with Crippen LogP contribution in [-0.4, -0.2) is 25.5 Å². The monoisotopic (exact) mass is 307 g/mol. The van der Waals surface area contributed by atoms with Gasteiger partial charge in [-0.1, -0.05) is 13.8 Å². The molecule has 3 atom stereocenters. The third-order valence-corrected chi connectivity index (χ3v) is 5.79. The molecule has 1 aromatic rings. The fourth-order valence-electron chi connectivity index (χ4n) is 3.33. The van der Waals surface area contributed by atoms with Crippen molar-refractivity contribution in [2.24, 2.45) is 11.8 Å². The molecule has 0 aromatic heterocycles. The van der Waals surface area contributed by atoms with Crippen molar-refractivity contribution in [3.05, 3.63) is 17.7 Å². The van der Waals surface area contributed by atoms with Crippen molar-refractivity contribution in [3.63, 3.8) is 0 Å². The quantitative estimate of drug-likeness (QED) is 0.859. The summed E-state index contributed by atoms with van der Waals surface area (Å²) in [6.07, 6.45) is 4.76. The Labute approximate surface area is 131 Å². The molecule has 1 N–H and O–H groups in total. The molecule has 0 spiro atoms. The number of hydrogen-bond donors (Lipinski definition) is 1. The average molecular weight is 307 g/mol. The summed E-state index contributed by atoms with van der Waals surface area (Å²) in [6.45, 7) is 6.94. The molecule has 0 bridgehead atoms. The van der Waals surface area contributed by atoms with E-state index in [9.17, 15) is 0 Å². The van der Waals surface area contributed by atoms with Gasteiger partial charge in [0.1, 0.15) is 13.2 Å². The minimum Gasteiger partial charge on any atom is -0.486 e. The van der Waals surface area contributed by atoms with E-state index in [-0.39, 0.29) is 0 Å². The van der Waals surface area contributed by atoms with Gasteiger partial charge in [-0.3, -0.25) is 0 Å². The molecule has 2 aliphatic rings. The minimum atomic E-state index is 0.642. The van der Waals surface area contributed by atoms with E-state index in [2.05, 4.69) is 37.6 Å². The molecule has 3 nitrogen and oxygen atoms in total. The van der Waals surface area contributed by atoms with Gasteiger partial charge in [0.2, 0.25) is 0 Å². The number of hydrogen-bond acceptors (Lipinski definition) is 4. The van der Waals surface area contributed by atoms with Crippen LogP contribution >= 0.6 is 11.8 Å². The van der Waals surface area contributed by atoms with Crippen molar-refractivity contribution in [1.82, 2.24) is 5.32 Å². The van der Waals surface area contributed by atoms with Crippen LogP contribution in [0.4, 0.5) is 0 Å². The molecular weight excluding hydrogens is 282 g/mol. The van der Waals surface area contributed by atoms with E-state index >= 15 is 0 Å². The molecule has 3 unspecified atom stereocenters. The first-order valence-electron chi connectivity index (χ1n) is 7.89. The Balaban J connectivity index is 1.72. The summed E-state index contributed by atoms with van der Waals surface area (Å²) in [4.78, 5) is 1.28. The average Bonchev–Trinajstić information content (AvgIpc) is 2.83. The zero-order valence-corrected chi connectivity index (χ0v) is 14.0. The van der Waals surface area contributed by atoms with Crippen molar-refractivity contribution in [2.45, 2.75) is 44.2 Å². The Morgan fingerprint density at radius 1 is 1.14 bits per heavy atom. The molecule has 1 aliphatic carbocycles. The van der Waals surface area contributed by atoms with Crippen molar-refractivity contribution in [3.8, 4) is 11.5 Å². The largest absolute Gasteiger partial charge is 0.486 e. The van der Waals surface area contributed by atoms with Gasteiger partial charge in [-0.2, -0.15) is 0 Å². The summed E-state index contributed by atoms with van der Waals surface area (Å²) >= 11 is 1.78. The molecule has 0 radical (unpaired) electrons. The van der Waals surface area contributed by atoms with E-state index < -0.39 is 0 Å². The number of ether oxygens (including phenoxy) is 2. The van der Waals surface area contributed by atoms with Gasteiger partial charge in [0.05, 0.1) is 0 Å². The molecule has 0 amide bonds. The Morgan fingerprint density at radius 3 is 2.48 bits per heavy atom. The van der Waals surface area contributed by atoms with Crippen LogP contribution in [0, 0.1) is 11.8 Å². The molecule has 1 saturated carbocycles. The Morgan fingerprint density at radius 2 is 1.86 bits per heavy atom. The number of fused-ring (bicyclic) bond motifs is 1. The van der Waals surface area contributed by atoms with Crippen molar-refractivity contribution >= 4 is 11.8 Å². The Bertz CT molecular complexity index is 506. The van der Waals surface area contributed by atoms with Crippen LogP contribution in [0.2, 0.25) is 0 Å². The standard InChI is InChI=1S/C17H25NO2S/c1-11-4-5-14(12(11)2)18-10-13-8-15-16(9-17(13)21-3)20-7-6-19-15/h8-9,11-12,14,18H,4-7,10H2,1-3H3. The molecule has 1 aromatic carbocycles. The first-order chi connectivity index (χ1) is 10.2. The molecule has 3 rings (SSSR count). The third kappa shape index (κ3) is 3.16. The summed E-state index contributed by atoms with van der Waals surface area (Å²) in [5.74, 6) is 3.38. The van der Waals surface area contributed by atoms with Crippen LogP contribution in [0.15, 0.2) is 17.0 Å². The molecular formula is C17H25NO2S. The molecule has 21 heavy (non-hydrogen) atoms. The maximum atomic E-state index is 5.71. The van der Waals surface area contributed by atoms with E-state index in [0.717, 1.165) is 29.9 Å². The van der Waals surface area contributed by atoms with Gasteiger partial charge in [0, 0.05) is 17.5 Å². The molecule has 1 fully saturated rings. The van der Waals surface area contributed by atoms with Gasteiger partial charge in [-0.05, 0) is 48.6 Å². The maximum absolute atomic E-state index is 5.71. The first-order valence-corrected chi connectivity index (χ1v) is 9.11. The van der Waals surface area contributed by atoms with E-state index in [4.69, 9.17) is 9.47 Å². The van der Waals surface area contributed by atoms with Crippen LogP contribution in [0.3, 0.4) is 0 Å². The maximum Gasteiger partial charge on any atom is 0.162 e. The van der Waals surface area contributed by atoms with Crippen LogP contribution in [0.25, 0.3) is 0 Å². The van der Waals surface area contributed by atoms with Crippen molar-refractivity contribution in [1.29, 1.82) is 0 Å². The van der Waals surface area contributed by atoms with Crippen molar-refractivity contribution < 1.29 is 9.47 Å². The van der Waals surface area contributed by atoms with E-state index in [1.807, 2.05) is 0 Å². The van der Waals surface area contributed by atoms with Gasteiger partial charge in [-0.25, -0.2) is 0 Å². The van der Waals surface area contributed by atoms with Crippen LogP contribution < -0.4 is 14.8 Å². The van der Waals surface area contributed by atoms with Gasteiger partial charge < -0.3 is 14.8 Å². The normalized spacial score (nSPS) is 27.9. The zero-order chi connectivity index (χ0) is 14.8. The molecule has 1 heterocycles. The lowest BCUT2D eigenvalue weighted by atomic mass is 9.97. The molecule has 116 valence electrons. The minimum absolute atomic E-state index is 0.642. The fraction of sp³-hybridized carbons (Fsp3) is 0.647. The van der Waals surface area contributed by atoms with Gasteiger partial charge in [0.25, 0.3) is 0 Å². The predicted molar refractivity (Wildman–Crippen MR) is 87.4 cm³/mol. The predicted octanol–water partition coefficient (Wildman–Crippen LogP) is 3.70. The van der Waals surface area contributed by atoms with E-state index in [1.54, 1.807) is 11.8 Å².